The van der Waals surface area contributed by atoms with Gasteiger partial charge in [0.05, 0.1) is 0 Å². The second-order valence-electron chi connectivity index (χ2n) is 13.1. The second kappa shape index (κ2) is 19.6. The fraction of sp³-hybridized carbons (Fsp3) is 0.227. The highest BCUT2D eigenvalue weighted by molar-refractivity contribution is 5.87. The zero-order chi connectivity index (χ0) is 41.8. The summed E-state index contributed by atoms with van der Waals surface area (Å²) in [5, 5.41) is 0. The van der Waals surface area contributed by atoms with E-state index in [-0.39, 0.29) is 41.4 Å². The van der Waals surface area contributed by atoms with Gasteiger partial charge in [0.2, 0.25) is 13.6 Å². The summed E-state index contributed by atoms with van der Waals surface area (Å²) in [6, 6.07) is 24.0. The molecule has 0 saturated carbocycles. The van der Waals surface area contributed by atoms with Gasteiger partial charge in [-0.15, -0.1) is 0 Å². The zero-order valence-electron chi connectivity index (χ0n) is 32.0. The van der Waals surface area contributed by atoms with Crippen LogP contribution in [-0.2, 0) is 51.0 Å². The summed E-state index contributed by atoms with van der Waals surface area (Å²) < 4.78 is 40.2. The van der Waals surface area contributed by atoms with Gasteiger partial charge in [-0.05, 0) is 109 Å². The van der Waals surface area contributed by atoms with Crippen LogP contribution in [0.15, 0.2) is 109 Å². The minimum atomic E-state index is -1.05. The number of benzene rings is 4. The fourth-order valence-corrected chi connectivity index (χ4v) is 5.65. The minimum Gasteiger partial charge on any atom is -0.427 e. The average molecular weight is 793 g/mol. The SMILES string of the molecule is C=C(C)C(=O)OCOC(=O)Oc1ccc(CCC(=O)Oc2ccc3c(c2)C(C)c2cc(OC(=O)CCc4ccc(OC(=O)OCOC(=O)C(=C)C)cc4)ccc2-3)cc1. The van der Waals surface area contributed by atoms with Crippen LogP contribution in [0.1, 0.15) is 61.8 Å². The highest BCUT2D eigenvalue weighted by atomic mass is 16.8. The molecule has 0 radical (unpaired) electrons. The summed E-state index contributed by atoms with van der Waals surface area (Å²) >= 11 is 0. The van der Waals surface area contributed by atoms with Gasteiger partial charge in [0.15, 0.2) is 0 Å². The lowest BCUT2D eigenvalue weighted by Gasteiger charge is -2.10. The van der Waals surface area contributed by atoms with E-state index >= 15 is 0 Å². The molecule has 5 rings (SSSR count). The number of rotatable bonds is 16. The Hall–Kier alpha value is -7.22. The molecule has 4 aromatic rings. The Kier molecular flexibility index (Phi) is 14.2. The van der Waals surface area contributed by atoms with Gasteiger partial charge in [-0.3, -0.25) is 9.59 Å². The number of hydrogen-bond donors (Lipinski definition) is 0. The van der Waals surface area contributed by atoms with Gasteiger partial charge in [-0.2, -0.15) is 0 Å². The molecule has 1 aliphatic rings. The summed E-state index contributed by atoms with van der Waals surface area (Å²) in [7, 11) is 0. The molecule has 0 unspecified atom stereocenters. The van der Waals surface area contributed by atoms with Crippen LogP contribution in [0.25, 0.3) is 11.1 Å². The number of ether oxygens (including phenoxy) is 8. The van der Waals surface area contributed by atoms with Crippen molar-refractivity contribution in [2.75, 3.05) is 13.6 Å². The molecule has 0 bridgehead atoms. The number of esters is 4. The van der Waals surface area contributed by atoms with E-state index in [0.717, 1.165) is 33.4 Å². The third-order valence-electron chi connectivity index (χ3n) is 8.65. The lowest BCUT2D eigenvalue weighted by molar-refractivity contribution is -0.148. The molecule has 0 aromatic heterocycles. The predicted octanol–water partition coefficient (Wildman–Crippen LogP) is 8.08. The van der Waals surface area contributed by atoms with Crippen molar-refractivity contribution in [2.24, 2.45) is 0 Å². The lowest BCUT2D eigenvalue weighted by atomic mass is 9.99. The maximum absolute atomic E-state index is 12.8. The molecule has 4 aromatic carbocycles. The summed E-state index contributed by atoms with van der Waals surface area (Å²) in [5.41, 5.74) is 5.88. The lowest BCUT2D eigenvalue weighted by Crippen LogP contribution is -2.16. The van der Waals surface area contributed by atoms with E-state index in [9.17, 15) is 28.8 Å². The van der Waals surface area contributed by atoms with Crippen LogP contribution in [-0.4, -0.2) is 49.8 Å². The first-order chi connectivity index (χ1) is 27.7. The summed E-state index contributed by atoms with van der Waals surface area (Å²) in [5.74, 6) is -1.05. The van der Waals surface area contributed by atoms with Crippen LogP contribution in [0.3, 0.4) is 0 Å². The molecular formula is C44H40O14. The molecule has 0 amide bonds. The molecule has 0 aliphatic heterocycles. The largest absolute Gasteiger partial charge is 0.516 e. The van der Waals surface area contributed by atoms with Crippen molar-refractivity contribution < 1.29 is 66.7 Å². The van der Waals surface area contributed by atoms with Gasteiger partial charge in [0.1, 0.15) is 23.0 Å². The highest BCUT2D eigenvalue weighted by Gasteiger charge is 2.27. The number of hydrogen-bond acceptors (Lipinski definition) is 14. The normalized spacial score (nSPS) is 11.2. The van der Waals surface area contributed by atoms with Crippen LogP contribution in [0.4, 0.5) is 9.59 Å². The van der Waals surface area contributed by atoms with E-state index < -0.39 is 49.8 Å². The maximum Gasteiger partial charge on any atom is 0.516 e. The molecule has 0 spiro atoms. The minimum absolute atomic E-state index is 0.0592. The Labute approximate surface area is 333 Å². The fourth-order valence-electron chi connectivity index (χ4n) is 5.65. The van der Waals surface area contributed by atoms with Crippen molar-refractivity contribution in [1.29, 1.82) is 0 Å². The summed E-state index contributed by atoms with van der Waals surface area (Å²) in [6.45, 7) is 10.6. The topological polar surface area (TPSA) is 176 Å². The Morgan fingerprint density at radius 2 is 0.862 bits per heavy atom. The van der Waals surface area contributed by atoms with Crippen LogP contribution in [0, 0.1) is 0 Å². The van der Waals surface area contributed by atoms with E-state index in [0.29, 0.717) is 24.3 Å². The molecule has 0 fully saturated rings. The predicted molar refractivity (Wildman–Crippen MR) is 206 cm³/mol. The molecule has 300 valence electrons. The van der Waals surface area contributed by atoms with Crippen LogP contribution >= 0.6 is 0 Å². The van der Waals surface area contributed by atoms with Gasteiger partial charge in [-0.1, -0.05) is 56.5 Å². The van der Waals surface area contributed by atoms with Crippen molar-refractivity contribution in [3.63, 3.8) is 0 Å². The van der Waals surface area contributed by atoms with Gasteiger partial charge in [0.25, 0.3) is 0 Å². The molecule has 0 saturated heterocycles. The van der Waals surface area contributed by atoms with Crippen molar-refractivity contribution in [1.82, 2.24) is 0 Å². The van der Waals surface area contributed by atoms with Gasteiger partial charge >= 0.3 is 36.2 Å². The molecular weight excluding hydrogens is 752 g/mol. The van der Waals surface area contributed by atoms with E-state index in [1.54, 1.807) is 60.7 Å². The quantitative estimate of drug-likeness (QED) is 0.0350. The monoisotopic (exact) mass is 792 g/mol. The van der Waals surface area contributed by atoms with Crippen LogP contribution < -0.4 is 18.9 Å². The number of carbonyl (C=O) groups is 6. The maximum atomic E-state index is 12.8. The van der Waals surface area contributed by atoms with Gasteiger partial charge in [0, 0.05) is 29.9 Å². The molecule has 14 heteroatoms. The molecule has 0 atom stereocenters. The summed E-state index contributed by atoms with van der Waals surface area (Å²) in [6.07, 6.45) is -1.12. The first-order valence-corrected chi connectivity index (χ1v) is 18.0. The Bertz CT molecular complexity index is 2060. The van der Waals surface area contributed by atoms with Crippen LogP contribution in [0.2, 0.25) is 0 Å². The Balaban J connectivity index is 1.05. The van der Waals surface area contributed by atoms with Crippen molar-refractivity contribution in [3.8, 4) is 34.1 Å². The Morgan fingerprint density at radius 3 is 1.22 bits per heavy atom. The van der Waals surface area contributed by atoms with Crippen molar-refractivity contribution in [3.05, 3.63) is 131 Å². The van der Waals surface area contributed by atoms with Crippen molar-refractivity contribution >= 4 is 36.2 Å². The average Bonchev–Trinajstić information content (AvgIpc) is 3.46. The number of aryl methyl sites for hydroxylation is 2. The van der Waals surface area contributed by atoms with E-state index in [1.165, 1.54) is 13.8 Å². The van der Waals surface area contributed by atoms with Crippen LogP contribution in [0.5, 0.6) is 23.0 Å². The summed E-state index contributed by atoms with van der Waals surface area (Å²) in [4.78, 5) is 71.9. The van der Waals surface area contributed by atoms with Gasteiger partial charge in [-0.25, -0.2) is 19.2 Å². The molecule has 58 heavy (non-hydrogen) atoms. The standard InChI is InChI=1S/C44H40O14/c1-26(2)41(47)51-24-53-43(49)57-31-12-6-29(7-13-31)10-20-39(45)55-33-16-18-35-36-19-17-34(23-38(36)28(5)37(35)22-33)56-40(46)21-11-30-8-14-32(15-9-30)58-44(50)54-25-52-42(48)27(3)4/h6-9,12-19,22-23,28H,1,3,10-11,20-21,24-25H2,2,4-5H3. The second-order valence-corrected chi connectivity index (χ2v) is 13.1. The zero-order valence-corrected chi connectivity index (χ0v) is 32.0. The van der Waals surface area contributed by atoms with Crippen molar-refractivity contribution in [2.45, 2.75) is 52.4 Å². The van der Waals surface area contributed by atoms with E-state index in [2.05, 4.69) is 22.6 Å². The number of fused-ring (bicyclic) bond motifs is 3. The van der Waals surface area contributed by atoms with E-state index in [4.69, 9.17) is 28.4 Å². The molecule has 0 heterocycles. The first-order valence-electron chi connectivity index (χ1n) is 18.0. The molecule has 1 aliphatic carbocycles. The third kappa shape index (κ3) is 11.9. The molecule has 14 nitrogen and oxygen atoms in total. The van der Waals surface area contributed by atoms with E-state index in [1.807, 2.05) is 31.2 Å². The molecule has 0 N–H and O–H groups in total. The number of carbonyl (C=O) groups excluding carboxylic acids is 6. The highest BCUT2D eigenvalue weighted by Crippen LogP contribution is 2.47. The smallest absolute Gasteiger partial charge is 0.427 e. The third-order valence-corrected chi connectivity index (χ3v) is 8.65. The van der Waals surface area contributed by atoms with Gasteiger partial charge < -0.3 is 37.9 Å². The first kappa shape index (κ1) is 41.9. The Morgan fingerprint density at radius 1 is 0.500 bits per heavy atom.